The molecule has 1 rings (SSSR count). The number of carbonyl (C=O) groups is 2. The van der Waals surface area contributed by atoms with Gasteiger partial charge in [0, 0.05) is 26.3 Å². The van der Waals surface area contributed by atoms with E-state index in [0.717, 1.165) is 0 Å². The summed E-state index contributed by atoms with van der Waals surface area (Å²) in [5.74, 6) is -1.35. The third kappa shape index (κ3) is 4.20. The molecule has 0 aliphatic heterocycles. The van der Waals surface area contributed by atoms with E-state index in [1.807, 2.05) is 0 Å². The standard InChI is InChI=1S/C11H14N2O4/c1-17-6-2-3-10(14)13-9-7-12-5-4-8(9)11(15)16/h4-5,7H,2-3,6H2,1H3,(H,13,14)(H,15,16). The number of aromatic carboxylic acids is 1. The molecule has 0 radical (unpaired) electrons. The van der Waals surface area contributed by atoms with Gasteiger partial charge in [-0.25, -0.2) is 4.79 Å². The van der Waals surface area contributed by atoms with Crippen LogP contribution in [0.5, 0.6) is 0 Å². The molecule has 0 saturated heterocycles. The number of aromatic nitrogens is 1. The molecule has 0 aromatic carbocycles. The van der Waals surface area contributed by atoms with Crippen LogP contribution in [0.1, 0.15) is 23.2 Å². The molecular formula is C11H14N2O4. The van der Waals surface area contributed by atoms with Gasteiger partial charge < -0.3 is 15.2 Å². The fourth-order valence-electron chi connectivity index (χ4n) is 1.27. The molecule has 92 valence electrons. The largest absolute Gasteiger partial charge is 0.478 e. The van der Waals surface area contributed by atoms with E-state index in [-0.39, 0.29) is 23.6 Å². The highest BCUT2D eigenvalue weighted by atomic mass is 16.5. The number of ether oxygens (including phenoxy) is 1. The number of carboxylic acids is 1. The van der Waals surface area contributed by atoms with Gasteiger partial charge in [0.2, 0.25) is 5.91 Å². The minimum atomic E-state index is -1.10. The Balaban J connectivity index is 2.61. The molecule has 1 heterocycles. The van der Waals surface area contributed by atoms with Crippen molar-refractivity contribution in [2.45, 2.75) is 12.8 Å². The Hall–Kier alpha value is -1.95. The Kier molecular flexibility index (Phi) is 5.09. The van der Waals surface area contributed by atoms with Crippen molar-refractivity contribution in [3.63, 3.8) is 0 Å². The zero-order chi connectivity index (χ0) is 12.7. The molecule has 1 aromatic heterocycles. The van der Waals surface area contributed by atoms with Crippen LogP contribution in [-0.2, 0) is 9.53 Å². The number of hydrogen-bond donors (Lipinski definition) is 2. The zero-order valence-corrected chi connectivity index (χ0v) is 9.47. The minimum Gasteiger partial charge on any atom is -0.478 e. The molecule has 6 heteroatoms. The van der Waals surface area contributed by atoms with E-state index in [0.29, 0.717) is 13.0 Å². The van der Waals surface area contributed by atoms with Crippen LogP contribution >= 0.6 is 0 Å². The van der Waals surface area contributed by atoms with Crippen LogP contribution in [0.2, 0.25) is 0 Å². The van der Waals surface area contributed by atoms with Crippen LogP contribution in [0.3, 0.4) is 0 Å². The van der Waals surface area contributed by atoms with E-state index in [1.54, 1.807) is 7.11 Å². The van der Waals surface area contributed by atoms with Crippen molar-refractivity contribution in [2.75, 3.05) is 19.0 Å². The maximum absolute atomic E-state index is 11.5. The first-order valence-corrected chi connectivity index (χ1v) is 5.11. The smallest absolute Gasteiger partial charge is 0.337 e. The Labute approximate surface area is 98.6 Å². The maximum Gasteiger partial charge on any atom is 0.337 e. The highest BCUT2D eigenvalue weighted by molar-refractivity contribution is 6.00. The van der Waals surface area contributed by atoms with Crippen LogP contribution in [0.15, 0.2) is 18.5 Å². The number of hydrogen-bond acceptors (Lipinski definition) is 4. The van der Waals surface area contributed by atoms with E-state index >= 15 is 0 Å². The number of pyridine rings is 1. The lowest BCUT2D eigenvalue weighted by molar-refractivity contribution is -0.116. The molecule has 0 unspecified atom stereocenters. The summed E-state index contributed by atoms with van der Waals surface area (Å²) in [5.41, 5.74) is 0.238. The van der Waals surface area contributed by atoms with Crippen LogP contribution in [-0.4, -0.2) is 35.7 Å². The quantitative estimate of drug-likeness (QED) is 0.725. The number of nitrogens with zero attached hydrogens (tertiary/aromatic N) is 1. The summed E-state index contributed by atoms with van der Waals surface area (Å²) < 4.78 is 4.82. The Bertz CT molecular complexity index is 406. The summed E-state index contributed by atoms with van der Waals surface area (Å²) in [5, 5.41) is 11.4. The summed E-state index contributed by atoms with van der Waals surface area (Å²) in [7, 11) is 1.56. The predicted molar refractivity (Wildman–Crippen MR) is 60.9 cm³/mol. The summed E-state index contributed by atoms with van der Waals surface area (Å²) in [4.78, 5) is 26.1. The Morgan fingerprint density at radius 3 is 2.94 bits per heavy atom. The SMILES string of the molecule is COCCCC(=O)Nc1cnccc1C(=O)O. The number of methoxy groups -OCH3 is 1. The maximum atomic E-state index is 11.5. The second kappa shape index (κ2) is 6.59. The number of rotatable bonds is 6. The molecule has 0 spiro atoms. The Morgan fingerprint density at radius 2 is 2.29 bits per heavy atom. The summed E-state index contributed by atoms with van der Waals surface area (Å²) in [6, 6.07) is 1.34. The first-order chi connectivity index (χ1) is 8.15. The average molecular weight is 238 g/mol. The molecule has 2 N–H and O–H groups in total. The number of amides is 1. The second-order valence-electron chi connectivity index (χ2n) is 3.37. The molecule has 0 aliphatic rings. The van der Waals surface area contributed by atoms with Gasteiger partial charge in [-0.2, -0.15) is 0 Å². The molecule has 0 atom stereocenters. The van der Waals surface area contributed by atoms with Crippen molar-refractivity contribution < 1.29 is 19.4 Å². The fraction of sp³-hybridized carbons (Fsp3) is 0.364. The Morgan fingerprint density at radius 1 is 1.53 bits per heavy atom. The van der Waals surface area contributed by atoms with E-state index in [1.165, 1.54) is 18.5 Å². The van der Waals surface area contributed by atoms with Gasteiger partial charge in [-0.15, -0.1) is 0 Å². The predicted octanol–water partition coefficient (Wildman–Crippen LogP) is 1.14. The van der Waals surface area contributed by atoms with Crippen molar-refractivity contribution in [1.82, 2.24) is 4.98 Å². The molecule has 1 amide bonds. The molecule has 0 aliphatic carbocycles. The van der Waals surface area contributed by atoms with Crippen molar-refractivity contribution in [2.24, 2.45) is 0 Å². The molecule has 0 fully saturated rings. The molecule has 6 nitrogen and oxygen atoms in total. The number of nitrogens with one attached hydrogen (secondary N) is 1. The second-order valence-corrected chi connectivity index (χ2v) is 3.37. The van der Waals surface area contributed by atoms with Gasteiger partial charge in [0.05, 0.1) is 17.4 Å². The average Bonchev–Trinajstić information content (AvgIpc) is 2.29. The molecule has 1 aromatic rings. The van der Waals surface area contributed by atoms with E-state index in [4.69, 9.17) is 9.84 Å². The van der Waals surface area contributed by atoms with Gasteiger partial charge in [0.1, 0.15) is 0 Å². The highest BCUT2D eigenvalue weighted by Gasteiger charge is 2.11. The minimum absolute atomic E-state index is 0.0279. The van der Waals surface area contributed by atoms with Gasteiger partial charge in [0.15, 0.2) is 0 Å². The van der Waals surface area contributed by atoms with Crippen molar-refractivity contribution >= 4 is 17.6 Å². The first kappa shape index (κ1) is 13.1. The summed E-state index contributed by atoms with van der Waals surface area (Å²) in [6.07, 6.45) is 3.55. The van der Waals surface area contributed by atoms with Gasteiger partial charge in [0.25, 0.3) is 0 Å². The lowest BCUT2D eigenvalue weighted by atomic mass is 10.2. The molecule has 0 saturated carbocycles. The molecular weight excluding hydrogens is 224 g/mol. The van der Waals surface area contributed by atoms with Gasteiger partial charge >= 0.3 is 5.97 Å². The van der Waals surface area contributed by atoms with E-state index in [2.05, 4.69) is 10.3 Å². The van der Waals surface area contributed by atoms with Gasteiger partial charge in [-0.1, -0.05) is 0 Å². The van der Waals surface area contributed by atoms with Crippen LogP contribution < -0.4 is 5.32 Å². The monoisotopic (exact) mass is 238 g/mol. The van der Waals surface area contributed by atoms with E-state index < -0.39 is 5.97 Å². The highest BCUT2D eigenvalue weighted by Crippen LogP contribution is 2.13. The van der Waals surface area contributed by atoms with Gasteiger partial charge in [-0.05, 0) is 12.5 Å². The first-order valence-electron chi connectivity index (χ1n) is 5.11. The van der Waals surface area contributed by atoms with E-state index in [9.17, 15) is 9.59 Å². The lowest BCUT2D eigenvalue weighted by Gasteiger charge is -2.07. The topological polar surface area (TPSA) is 88.5 Å². The third-order valence-electron chi connectivity index (χ3n) is 2.08. The fourth-order valence-corrected chi connectivity index (χ4v) is 1.27. The number of anilines is 1. The van der Waals surface area contributed by atoms with Crippen molar-refractivity contribution in [3.05, 3.63) is 24.0 Å². The molecule has 17 heavy (non-hydrogen) atoms. The summed E-state index contributed by atoms with van der Waals surface area (Å²) >= 11 is 0. The van der Waals surface area contributed by atoms with Crippen molar-refractivity contribution in [1.29, 1.82) is 0 Å². The molecule has 0 bridgehead atoms. The normalized spacial score (nSPS) is 9.94. The van der Waals surface area contributed by atoms with Crippen molar-refractivity contribution in [3.8, 4) is 0 Å². The number of carboxylic acid groups (broad SMARTS) is 1. The number of carbonyl (C=O) groups excluding carboxylic acids is 1. The van der Waals surface area contributed by atoms with Crippen LogP contribution in [0, 0.1) is 0 Å². The van der Waals surface area contributed by atoms with Crippen LogP contribution in [0.4, 0.5) is 5.69 Å². The lowest BCUT2D eigenvalue weighted by Crippen LogP contribution is -2.15. The van der Waals surface area contributed by atoms with Gasteiger partial charge in [-0.3, -0.25) is 9.78 Å². The van der Waals surface area contributed by atoms with Crippen LogP contribution in [0.25, 0.3) is 0 Å². The zero-order valence-electron chi connectivity index (χ0n) is 9.47. The third-order valence-corrected chi connectivity index (χ3v) is 2.08. The summed E-state index contributed by atoms with van der Waals surface area (Å²) in [6.45, 7) is 0.492.